The third-order valence-corrected chi connectivity index (χ3v) is 7.29. The van der Waals surface area contributed by atoms with Crippen LogP contribution in [-0.2, 0) is 0 Å². The first-order valence-corrected chi connectivity index (χ1v) is 14.4. The number of hydrogen-bond acceptors (Lipinski definition) is 4. The Labute approximate surface area is 260 Å². The zero-order chi connectivity index (χ0) is 30.7. The highest BCUT2D eigenvalue weighted by atomic mass is 14.6. The lowest BCUT2D eigenvalue weighted by Gasteiger charge is -2.14. The van der Waals surface area contributed by atoms with E-state index in [2.05, 4.69) is 119 Å². The van der Waals surface area contributed by atoms with Gasteiger partial charge in [0.1, 0.15) is 0 Å². The number of allylic oxidation sites excluding steroid dienone is 6. The molecule has 0 amide bonds. The van der Waals surface area contributed by atoms with Crippen molar-refractivity contribution in [1.82, 2.24) is 9.97 Å². The Bertz CT molecular complexity index is 1840. The number of aromatic nitrogens is 2. The van der Waals surface area contributed by atoms with Gasteiger partial charge < -0.3 is 0 Å². The van der Waals surface area contributed by atoms with Gasteiger partial charge in [-0.3, -0.25) is 20.0 Å². The van der Waals surface area contributed by atoms with Crippen LogP contribution < -0.4 is 0 Å². The molecule has 0 radical (unpaired) electrons. The van der Waals surface area contributed by atoms with Crippen molar-refractivity contribution in [1.29, 1.82) is 0 Å². The van der Waals surface area contributed by atoms with Gasteiger partial charge in [-0.05, 0) is 144 Å². The van der Waals surface area contributed by atoms with E-state index in [1.807, 2.05) is 49.7 Å². The maximum atomic E-state index is 4.36. The maximum Gasteiger partial charge on any atom is 0.0346 e. The Kier molecular flexibility index (Phi) is 9.76. The zero-order valence-corrected chi connectivity index (χ0v) is 25.1. The van der Waals surface area contributed by atoms with E-state index in [1.165, 1.54) is 0 Å². The van der Waals surface area contributed by atoms with Crippen molar-refractivity contribution in [2.24, 2.45) is 9.98 Å². The molecule has 0 fully saturated rings. The fraction of sp³-hybridized carbons (Fsp3) is 0.0500. The summed E-state index contributed by atoms with van der Waals surface area (Å²) in [5.74, 6) is 0. The smallest absolute Gasteiger partial charge is 0.0346 e. The van der Waals surface area contributed by atoms with Gasteiger partial charge in [0.15, 0.2) is 0 Å². The number of pyridine rings is 2. The zero-order valence-electron chi connectivity index (χ0n) is 25.1. The second kappa shape index (κ2) is 14.4. The molecule has 0 aliphatic heterocycles. The first kappa shape index (κ1) is 29.7. The molecule has 2 aromatic heterocycles. The van der Waals surface area contributed by atoms with E-state index in [9.17, 15) is 0 Å². The van der Waals surface area contributed by atoms with Crippen LogP contribution in [0.5, 0.6) is 0 Å². The average Bonchev–Trinajstić information content (AvgIpc) is 3.08. The van der Waals surface area contributed by atoms with Gasteiger partial charge in [0.25, 0.3) is 0 Å². The van der Waals surface area contributed by atoms with Crippen LogP contribution >= 0.6 is 0 Å². The summed E-state index contributed by atoms with van der Waals surface area (Å²) < 4.78 is 0. The Morgan fingerprint density at radius 1 is 0.636 bits per heavy atom. The normalized spacial score (nSPS) is 12.1. The van der Waals surface area contributed by atoms with Crippen LogP contribution in [-0.4, -0.2) is 23.4 Å². The molecule has 3 aromatic carbocycles. The molecule has 44 heavy (non-hydrogen) atoms. The van der Waals surface area contributed by atoms with Crippen molar-refractivity contribution in [3.8, 4) is 44.5 Å². The van der Waals surface area contributed by atoms with Crippen molar-refractivity contribution < 1.29 is 0 Å². The number of rotatable bonds is 10. The molecule has 0 atom stereocenters. The van der Waals surface area contributed by atoms with E-state index in [1.54, 1.807) is 24.8 Å². The molecule has 0 aliphatic carbocycles. The van der Waals surface area contributed by atoms with Crippen LogP contribution in [0.25, 0.3) is 55.7 Å². The predicted molar refractivity (Wildman–Crippen MR) is 188 cm³/mol. The molecular weight excluding hydrogens is 536 g/mol. The Hall–Kier alpha value is -5.74. The van der Waals surface area contributed by atoms with Gasteiger partial charge in [-0.15, -0.1) is 0 Å². The molecule has 214 valence electrons. The maximum absolute atomic E-state index is 4.36. The lowest BCUT2D eigenvalue weighted by Crippen LogP contribution is -1.91. The van der Waals surface area contributed by atoms with Crippen LogP contribution in [0.4, 0.5) is 0 Å². The lowest BCUT2D eigenvalue weighted by atomic mass is 9.91. The molecule has 4 heteroatoms. The number of aliphatic imine (C=N–C) groups is 2. The summed E-state index contributed by atoms with van der Waals surface area (Å²) in [4.78, 5) is 16.6. The summed E-state index contributed by atoms with van der Waals surface area (Å²) >= 11 is 0. The van der Waals surface area contributed by atoms with Crippen LogP contribution in [0.15, 0.2) is 156 Å². The number of nitrogens with zero attached hydrogens (tertiary/aromatic N) is 4. The van der Waals surface area contributed by atoms with E-state index >= 15 is 0 Å². The molecule has 0 spiro atoms. The minimum atomic E-state index is 0.989. The van der Waals surface area contributed by atoms with Gasteiger partial charge in [-0.25, -0.2) is 0 Å². The molecule has 5 aromatic rings. The molecule has 4 nitrogen and oxygen atoms in total. The van der Waals surface area contributed by atoms with Crippen LogP contribution in [0.2, 0.25) is 0 Å². The van der Waals surface area contributed by atoms with E-state index in [0.29, 0.717) is 0 Å². The third kappa shape index (κ3) is 7.18. The number of hydrogen-bond donors (Lipinski definition) is 0. The van der Waals surface area contributed by atoms with E-state index < -0.39 is 0 Å². The predicted octanol–water partition coefficient (Wildman–Crippen LogP) is 10.4. The van der Waals surface area contributed by atoms with Crippen molar-refractivity contribution in [3.63, 3.8) is 0 Å². The first-order valence-electron chi connectivity index (χ1n) is 14.4. The summed E-state index contributed by atoms with van der Waals surface area (Å²) in [6.45, 7) is 11.3. The lowest BCUT2D eigenvalue weighted by molar-refractivity contribution is 1.32. The summed E-state index contributed by atoms with van der Waals surface area (Å²) in [5.41, 5.74) is 13.1. The largest absolute Gasteiger partial charge is 0.273 e. The molecule has 0 saturated heterocycles. The molecule has 2 heterocycles. The number of benzene rings is 3. The summed E-state index contributed by atoms with van der Waals surface area (Å²) in [7, 11) is 0. The fourth-order valence-corrected chi connectivity index (χ4v) is 5.10. The second-order valence-electron chi connectivity index (χ2n) is 10.3. The second-order valence-corrected chi connectivity index (χ2v) is 10.3. The SMILES string of the molecule is C=N/C=C\C=C(/C)c1cc(C(/C=C\C)=C/N=C)cc(-c2cccc(-c3cc(-c4cccnc4)cc(-c4cccnc4)c3)c2)c1. The fourth-order valence-electron chi connectivity index (χ4n) is 5.10. The van der Waals surface area contributed by atoms with Gasteiger partial charge >= 0.3 is 0 Å². The van der Waals surface area contributed by atoms with Crippen LogP contribution in [0.1, 0.15) is 25.0 Å². The minimum Gasteiger partial charge on any atom is -0.273 e. The molecule has 0 unspecified atom stereocenters. The van der Waals surface area contributed by atoms with E-state index in [0.717, 1.165) is 66.8 Å². The Morgan fingerprint density at radius 2 is 1.18 bits per heavy atom. The van der Waals surface area contributed by atoms with Gasteiger partial charge in [-0.2, -0.15) is 0 Å². The van der Waals surface area contributed by atoms with Crippen molar-refractivity contribution in [3.05, 3.63) is 158 Å². The molecule has 0 aliphatic rings. The van der Waals surface area contributed by atoms with Crippen molar-refractivity contribution in [2.75, 3.05) is 0 Å². The molecule has 5 rings (SSSR count). The van der Waals surface area contributed by atoms with E-state index in [4.69, 9.17) is 0 Å². The molecule has 0 saturated carbocycles. The Balaban J connectivity index is 1.66. The molecule has 0 bridgehead atoms. The first-order chi connectivity index (χ1) is 21.6. The van der Waals surface area contributed by atoms with Gasteiger partial charge in [0.2, 0.25) is 0 Å². The molecule has 0 N–H and O–H groups in total. The van der Waals surface area contributed by atoms with Gasteiger partial charge in [-0.1, -0.05) is 48.6 Å². The summed E-state index contributed by atoms with van der Waals surface area (Å²) in [5, 5.41) is 0. The monoisotopic (exact) mass is 570 g/mol. The summed E-state index contributed by atoms with van der Waals surface area (Å²) in [6, 6.07) is 30.1. The highest BCUT2D eigenvalue weighted by molar-refractivity contribution is 5.85. The minimum absolute atomic E-state index is 0.989. The van der Waals surface area contributed by atoms with Crippen LogP contribution in [0, 0.1) is 0 Å². The summed E-state index contributed by atoms with van der Waals surface area (Å²) in [6.07, 6.45) is 18.9. The van der Waals surface area contributed by atoms with Crippen molar-refractivity contribution >= 4 is 24.6 Å². The standard InChI is InChI=1S/C40H34N4/c1-5-10-32(26-42-4)38-21-35(29(2)11-7-16-41-3)20-36(22-38)30-12-6-13-31(19-30)37-23-39(33-14-8-17-43-27-33)25-40(24-37)34-15-9-18-44-28-34/h5-28H,3-4H2,1-2H3/b10-5-,16-7-,29-11+,32-26+. The highest BCUT2D eigenvalue weighted by Crippen LogP contribution is 2.35. The van der Waals surface area contributed by atoms with E-state index in [-0.39, 0.29) is 0 Å². The average molecular weight is 571 g/mol. The topological polar surface area (TPSA) is 50.5 Å². The Morgan fingerprint density at radius 3 is 1.73 bits per heavy atom. The van der Waals surface area contributed by atoms with Crippen molar-refractivity contribution in [2.45, 2.75) is 13.8 Å². The van der Waals surface area contributed by atoms with Gasteiger partial charge in [0, 0.05) is 48.3 Å². The quantitative estimate of drug-likeness (QED) is 0.124. The van der Waals surface area contributed by atoms with Gasteiger partial charge in [0.05, 0.1) is 0 Å². The highest BCUT2D eigenvalue weighted by Gasteiger charge is 2.11. The molecular formula is C40H34N4. The third-order valence-electron chi connectivity index (χ3n) is 7.29. The van der Waals surface area contributed by atoms with Crippen LogP contribution in [0.3, 0.4) is 0 Å².